The van der Waals surface area contributed by atoms with Crippen molar-refractivity contribution >= 4 is 17.3 Å². The molecule has 0 heterocycles. The van der Waals surface area contributed by atoms with Crippen LogP contribution in [0.5, 0.6) is 0 Å². The second-order valence-electron chi connectivity index (χ2n) is 6.68. The monoisotopic (exact) mass is 283 g/mol. The molecular formula is C16H23ClFN. The van der Waals surface area contributed by atoms with Gasteiger partial charge in [0.2, 0.25) is 0 Å². The molecule has 1 aromatic carbocycles. The van der Waals surface area contributed by atoms with E-state index in [9.17, 15) is 4.39 Å². The highest BCUT2D eigenvalue weighted by molar-refractivity contribution is 6.30. The molecular weight excluding hydrogens is 261 g/mol. The predicted molar refractivity (Wildman–Crippen MR) is 80.2 cm³/mol. The molecule has 2 rings (SSSR count). The van der Waals surface area contributed by atoms with Gasteiger partial charge in [-0.2, -0.15) is 0 Å². The zero-order valence-electron chi connectivity index (χ0n) is 12.0. The van der Waals surface area contributed by atoms with E-state index in [1.807, 2.05) is 0 Å². The quantitative estimate of drug-likeness (QED) is 0.756. The summed E-state index contributed by atoms with van der Waals surface area (Å²) < 4.78 is 13.7. The van der Waals surface area contributed by atoms with Crippen LogP contribution in [0.2, 0.25) is 5.02 Å². The first kappa shape index (κ1) is 14.6. The van der Waals surface area contributed by atoms with E-state index in [1.54, 1.807) is 12.1 Å². The van der Waals surface area contributed by atoms with E-state index < -0.39 is 0 Å². The molecule has 1 fully saturated rings. The van der Waals surface area contributed by atoms with Crippen molar-refractivity contribution in [2.45, 2.75) is 52.5 Å². The van der Waals surface area contributed by atoms with E-state index in [0.717, 1.165) is 18.8 Å². The Morgan fingerprint density at radius 3 is 2.32 bits per heavy atom. The third-order valence-corrected chi connectivity index (χ3v) is 4.48. The lowest BCUT2D eigenvalue weighted by atomic mass is 9.71. The summed E-state index contributed by atoms with van der Waals surface area (Å²) in [5, 5.41) is 3.76. The molecule has 0 aromatic heterocycles. The molecule has 19 heavy (non-hydrogen) atoms. The Kier molecular flexibility index (Phi) is 4.39. The number of rotatable bonds is 2. The summed E-state index contributed by atoms with van der Waals surface area (Å²) in [6, 6.07) is 5.21. The van der Waals surface area contributed by atoms with Gasteiger partial charge in [-0.15, -0.1) is 0 Å². The number of anilines is 1. The van der Waals surface area contributed by atoms with Gasteiger partial charge in [0.15, 0.2) is 0 Å². The van der Waals surface area contributed by atoms with Crippen molar-refractivity contribution in [2.24, 2.45) is 11.3 Å². The number of nitrogens with one attached hydrogen (secondary N) is 1. The average molecular weight is 284 g/mol. The van der Waals surface area contributed by atoms with Crippen LogP contribution < -0.4 is 5.32 Å². The summed E-state index contributed by atoms with van der Waals surface area (Å²) >= 11 is 5.76. The first-order valence-corrected chi connectivity index (χ1v) is 7.45. The lowest BCUT2D eigenvalue weighted by molar-refractivity contribution is 0.173. The number of hydrogen-bond donors (Lipinski definition) is 1. The smallest absolute Gasteiger partial charge is 0.147 e. The van der Waals surface area contributed by atoms with E-state index in [1.165, 1.54) is 18.9 Å². The highest BCUT2D eigenvalue weighted by Gasteiger charge is 2.29. The fourth-order valence-corrected chi connectivity index (χ4v) is 3.09. The molecule has 0 bridgehead atoms. The Balaban J connectivity index is 1.92. The maximum atomic E-state index is 13.7. The van der Waals surface area contributed by atoms with Gasteiger partial charge in [0.25, 0.3) is 0 Å². The van der Waals surface area contributed by atoms with E-state index in [-0.39, 0.29) is 5.82 Å². The van der Waals surface area contributed by atoms with Gasteiger partial charge in [-0.3, -0.25) is 0 Å². The van der Waals surface area contributed by atoms with E-state index in [4.69, 9.17) is 11.6 Å². The Hall–Kier alpha value is -0.760. The zero-order valence-corrected chi connectivity index (χ0v) is 12.7. The molecule has 1 aromatic rings. The van der Waals surface area contributed by atoms with E-state index in [0.29, 0.717) is 22.2 Å². The second-order valence-corrected chi connectivity index (χ2v) is 7.12. The van der Waals surface area contributed by atoms with Crippen LogP contribution in [0.15, 0.2) is 18.2 Å². The molecule has 3 heteroatoms. The van der Waals surface area contributed by atoms with Crippen molar-refractivity contribution in [2.75, 3.05) is 5.32 Å². The molecule has 0 atom stereocenters. The first-order valence-electron chi connectivity index (χ1n) is 7.08. The summed E-state index contributed by atoms with van der Waals surface area (Å²) in [6.45, 7) is 6.93. The van der Waals surface area contributed by atoms with Gasteiger partial charge in [0, 0.05) is 11.1 Å². The topological polar surface area (TPSA) is 12.0 Å². The highest BCUT2D eigenvalue weighted by Crippen LogP contribution is 2.38. The average Bonchev–Trinajstić information content (AvgIpc) is 2.32. The first-order chi connectivity index (χ1) is 8.86. The maximum Gasteiger partial charge on any atom is 0.147 e. The molecule has 0 saturated heterocycles. The highest BCUT2D eigenvalue weighted by atomic mass is 35.5. The maximum absolute atomic E-state index is 13.7. The van der Waals surface area contributed by atoms with Gasteiger partial charge in [-0.25, -0.2) is 4.39 Å². The van der Waals surface area contributed by atoms with Crippen LogP contribution in [-0.2, 0) is 0 Å². The van der Waals surface area contributed by atoms with Crippen LogP contribution in [0, 0.1) is 17.2 Å². The van der Waals surface area contributed by atoms with Crippen molar-refractivity contribution in [3.8, 4) is 0 Å². The molecule has 1 N–H and O–H groups in total. The minimum absolute atomic E-state index is 0.259. The molecule has 0 aliphatic heterocycles. The van der Waals surface area contributed by atoms with E-state index in [2.05, 4.69) is 26.1 Å². The standard InChI is InChI=1S/C16H23ClFN/c1-16(2,3)11-4-7-13(8-5-11)19-15-9-6-12(17)10-14(15)18/h6,9-11,13,19H,4-5,7-8H2,1-3H3. The Morgan fingerprint density at radius 2 is 1.79 bits per heavy atom. The lowest BCUT2D eigenvalue weighted by Crippen LogP contribution is -2.31. The third-order valence-electron chi connectivity index (χ3n) is 4.24. The van der Waals surface area contributed by atoms with Gasteiger partial charge < -0.3 is 5.32 Å². The van der Waals surface area contributed by atoms with Crippen LogP contribution >= 0.6 is 11.6 Å². The Bertz CT molecular complexity index is 431. The third kappa shape index (κ3) is 3.85. The Morgan fingerprint density at radius 1 is 1.16 bits per heavy atom. The molecule has 1 nitrogen and oxygen atoms in total. The van der Waals surface area contributed by atoms with Gasteiger partial charge in [-0.05, 0) is 55.2 Å². The number of hydrogen-bond acceptors (Lipinski definition) is 1. The van der Waals surface area contributed by atoms with Crippen LogP contribution in [0.3, 0.4) is 0 Å². The van der Waals surface area contributed by atoms with Gasteiger partial charge in [0.05, 0.1) is 5.69 Å². The minimum atomic E-state index is -0.259. The molecule has 1 aliphatic carbocycles. The molecule has 0 amide bonds. The van der Waals surface area contributed by atoms with E-state index >= 15 is 0 Å². The largest absolute Gasteiger partial charge is 0.380 e. The van der Waals surface area contributed by atoms with Crippen LogP contribution in [-0.4, -0.2) is 6.04 Å². The van der Waals surface area contributed by atoms with Crippen molar-refractivity contribution in [3.63, 3.8) is 0 Å². The Labute approximate surface area is 120 Å². The summed E-state index contributed by atoms with van der Waals surface area (Å²) in [6.07, 6.45) is 4.67. The summed E-state index contributed by atoms with van der Waals surface area (Å²) in [5.41, 5.74) is 0.958. The lowest BCUT2D eigenvalue weighted by Gasteiger charge is -2.37. The van der Waals surface area contributed by atoms with Crippen molar-refractivity contribution in [1.82, 2.24) is 0 Å². The molecule has 0 spiro atoms. The number of halogens is 2. The van der Waals surface area contributed by atoms with Gasteiger partial charge in [0.1, 0.15) is 5.82 Å². The number of benzene rings is 1. The molecule has 106 valence electrons. The van der Waals surface area contributed by atoms with Crippen molar-refractivity contribution in [3.05, 3.63) is 29.0 Å². The second kappa shape index (κ2) is 5.70. The van der Waals surface area contributed by atoms with Gasteiger partial charge in [-0.1, -0.05) is 32.4 Å². The SMILES string of the molecule is CC(C)(C)C1CCC(Nc2ccc(Cl)cc2F)CC1. The van der Waals surface area contributed by atoms with Crippen molar-refractivity contribution < 1.29 is 4.39 Å². The predicted octanol–water partition coefficient (Wildman–Crippen LogP) is 5.50. The molecule has 0 radical (unpaired) electrons. The summed E-state index contributed by atoms with van der Waals surface area (Å²) in [7, 11) is 0. The van der Waals surface area contributed by atoms with Gasteiger partial charge >= 0.3 is 0 Å². The zero-order chi connectivity index (χ0) is 14.0. The normalized spacial score (nSPS) is 24.3. The fourth-order valence-electron chi connectivity index (χ4n) is 2.93. The fraction of sp³-hybridized carbons (Fsp3) is 0.625. The van der Waals surface area contributed by atoms with Crippen LogP contribution in [0.25, 0.3) is 0 Å². The summed E-state index contributed by atoms with van der Waals surface area (Å²) in [5.74, 6) is 0.519. The minimum Gasteiger partial charge on any atom is -0.380 e. The molecule has 1 aliphatic rings. The van der Waals surface area contributed by atoms with Crippen molar-refractivity contribution in [1.29, 1.82) is 0 Å². The van der Waals surface area contributed by atoms with Crippen LogP contribution in [0.4, 0.5) is 10.1 Å². The van der Waals surface area contributed by atoms with Crippen LogP contribution in [0.1, 0.15) is 46.5 Å². The summed E-state index contributed by atoms with van der Waals surface area (Å²) in [4.78, 5) is 0. The molecule has 1 saturated carbocycles. The molecule has 0 unspecified atom stereocenters.